The molecule has 2 N–H and O–H groups in total. The Labute approximate surface area is 163 Å². The van der Waals surface area contributed by atoms with Gasteiger partial charge in [0.2, 0.25) is 0 Å². The molecule has 0 saturated carbocycles. The van der Waals surface area contributed by atoms with Crippen LogP contribution in [0.4, 0.5) is 0 Å². The summed E-state index contributed by atoms with van der Waals surface area (Å²) in [6.07, 6.45) is 0. The molecule has 2 aromatic carbocycles. The lowest BCUT2D eigenvalue weighted by Crippen LogP contribution is -2.00. The van der Waals surface area contributed by atoms with Crippen molar-refractivity contribution in [2.24, 2.45) is 0 Å². The van der Waals surface area contributed by atoms with Crippen LogP contribution in [-0.4, -0.2) is 33.4 Å². The lowest BCUT2D eigenvalue weighted by atomic mass is 10.0. The van der Waals surface area contributed by atoms with Crippen LogP contribution in [-0.2, 0) is 0 Å². The molecule has 0 saturated heterocycles. The summed E-state index contributed by atoms with van der Waals surface area (Å²) in [4.78, 5) is 16.5. The summed E-state index contributed by atoms with van der Waals surface area (Å²) in [6.45, 7) is 0. The smallest absolute Gasteiger partial charge is 0.336 e. The lowest BCUT2D eigenvalue weighted by molar-refractivity contribution is 0.0699. The Bertz CT molecular complexity index is 1150. The second-order valence-electron chi connectivity index (χ2n) is 5.90. The van der Waals surface area contributed by atoms with Crippen molar-refractivity contribution in [1.29, 1.82) is 0 Å². The number of methoxy groups -OCH3 is 1. The Balaban J connectivity index is 1.92. The predicted octanol–water partition coefficient (Wildman–Crippen LogP) is 4.76. The number of nitrogens with one attached hydrogen (secondary N) is 1. The van der Waals surface area contributed by atoms with E-state index in [2.05, 4.69) is 31.1 Å². The normalized spacial score (nSPS) is 10.9. The van der Waals surface area contributed by atoms with Crippen molar-refractivity contribution >= 4 is 32.9 Å². The highest BCUT2D eigenvalue weighted by Gasteiger charge is 2.19. The zero-order chi connectivity index (χ0) is 19.0. The number of H-pyrrole nitrogens is 1. The van der Waals surface area contributed by atoms with Gasteiger partial charge in [0.25, 0.3) is 0 Å². The highest BCUT2D eigenvalue weighted by Crippen LogP contribution is 2.32. The number of rotatable bonds is 4. The van der Waals surface area contributed by atoms with Gasteiger partial charge in [-0.15, -0.1) is 0 Å². The molecule has 0 bridgehead atoms. The minimum absolute atomic E-state index is 0.148. The molecule has 0 atom stereocenters. The average molecular weight is 424 g/mol. The van der Waals surface area contributed by atoms with Crippen LogP contribution in [0, 0.1) is 0 Å². The monoisotopic (exact) mass is 423 g/mol. The van der Waals surface area contributed by atoms with Gasteiger partial charge in [-0.1, -0.05) is 28.1 Å². The molecule has 0 unspecified atom stereocenters. The zero-order valence-electron chi connectivity index (χ0n) is 14.2. The van der Waals surface area contributed by atoms with Gasteiger partial charge in [-0.2, -0.15) is 5.10 Å². The maximum absolute atomic E-state index is 11.9. The number of aromatic amines is 1. The number of hydrogen-bond acceptors (Lipinski definition) is 4. The van der Waals surface area contributed by atoms with E-state index in [4.69, 9.17) is 4.74 Å². The van der Waals surface area contributed by atoms with E-state index >= 15 is 0 Å². The molecule has 2 heterocycles. The Morgan fingerprint density at radius 2 is 1.89 bits per heavy atom. The van der Waals surface area contributed by atoms with Crippen molar-refractivity contribution in [2.75, 3.05) is 7.11 Å². The van der Waals surface area contributed by atoms with E-state index in [9.17, 15) is 9.90 Å². The molecule has 27 heavy (non-hydrogen) atoms. The third-order valence-corrected chi connectivity index (χ3v) is 4.75. The summed E-state index contributed by atoms with van der Waals surface area (Å²) in [5, 5.41) is 17.4. The van der Waals surface area contributed by atoms with Crippen molar-refractivity contribution in [3.8, 4) is 28.3 Å². The van der Waals surface area contributed by atoms with E-state index in [1.807, 2.05) is 48.5 Å². The van der Waals surface area contributed by atoms with Crippen molar-refractivity contribution in [3.63, 3.8) is 0 Å². The van der Waals surface area contributed by atoms with Gasteiger partial charge in [0.1, 0.15) is 5.75 Å². The molecule has 134 valence electrons. The summed E-state index contributed by atoms with van der Waals surface area (Å²) >= 11 is 3.43. The first kappa shape index (κ1) is 17.2. The molecule has 0 aliphatic rings. The molecule has 0 radical (unpaired) electrons. The number of aromatic nitrogens is 3. The van der Waals surface area contributed by atoms with Gasteiger partial charge in [0.15, 0.2) is 5.65 Å². The Hall–Kier alpha value is -3.19. The van der Waals surface area contributed by atoms with Crippen LogP contribution in [0.3, 0.4) is 0 Å². The predicted molar refractivity (Wildman–Crippen MR) is 106 cm³/mol. The standard InChI is InChI=1S/C20H14BrN3O3/c1-27-14-7-5-11(6-8-14)18-17-15(20(25)26)10-16(22-19(17)24-23-18)12-3-2-4-13(21)9-12/h2-10H,1H3,(H,25,26)(H,22,23,24). The fraction of sp³-hybridized carbons (Fsp3) is 0.0500. The van der Waals surface area contributed by atoms with E-state index in [0.29, 0.717) is 22.4 Å². The number of hydrogen-bond donors (Lipinski definition) is 2. The maximum Gasteiger partial charge on any atom is 0.336 e. The first-order chi connectivity index (χ1) is 13.1. The molecule has 0 spiro atoms. The number of halogens is 1. The molecule has 0 aliphatic heterocycles. The minimum atomic E-state index is -1.03. The van der Waals surface area contributed by atoms with Crippen molar-refractivity contribution in [1.82, 2.24) is 15.2 Å². The van der Waals surface area contributed by atoms with Crippen LogP contribution in [0.5, 0.6) is 5.75 Å². The largest absolute Gasteiger partial charge is 0.497 e. The number of carboxylic acids is 1. The van der Waals surface area contributed by atoms with Crippen LogP contribution >= 0.6 is 15.9 Å². The molecule has 0 aliphatic carbocycles. The fourth-order valence-electron chi connectivity index (χ4n) is 2.95. The average Bonchev–Trinajstić information content (AvgIpc) is 3.11. The zero-order valence-corrected chi connectivity index (χ0v) is 15.8. The fourth-order valence-corrected chi connectivity index (χ4v) is 3.35. The van der Waals surface area contributed by atoms with Gasteiger partial charge in [0, 0.05) is 15.6 Å². The second kappa shape index (κ2) is 6.85. The van der Waals surface area contributed by atoms with Crippen molar-refractivity contribution in [3.05, 3.63) is 64.6 Å². The van der Waals surface area contributed by atoms with Crippen LogP contribution in [0.25, 0.3) is 33.5 Å². The topological polar surface area (TPSA) is 88.1 Å². The summed E-state index contributed by atoms with van der Waals surface area (Å²) < 4.78 is 6.06. The van der Waals surface area contributed by atoms with Crippen LogP contribution in [0.1, 0.15) is 10.4 Å². The van der Waals surface area contributed by atoms with Gasteiger partial charge in [-0.3, -0.25) is 5.10 Å². The Morgan fingerprint density at radius 1 is 1.11 bits per heavy atom. The van der Waals surface area contributed by atoms with Crippen LogP contribution in [0.2, 0.25) is 0 Å². The maximum atomic E-state index is 11.9. The second-order valence-corrected chi connectivity index (χ2v) is 6.81. The summed E-state index contributed by atoms with van der Waals surface area (Å²) in [7, 11) is 1.59. The van der Waals surface area contributed by atoms with Crippen molar-refractivity contribution in [2.45, 2.75) is 0 Å². The number of carbonyl (C=O) groups is 1. The summed E-state index contributed by atoms with van der Waals surface area (Å²) in [6, 6.07) is 16.4. The number of aromatic carboxylic acids is 1. The van der Waals surface area contributed by atoms with E-state index < -0.39 is 5.97 Å². The number of pyridine rings is 1. The van der Waals surface area contributed by atoms with Crippen LogP contribution in [0.15, 0.2) is 59.1 Å². The van der Waals surface area contributed by atoms with Gasteiger partial charge in [0.05, 0.1) is 29.4 Å². The number of benzene rings is 2. The van der Waals surface area contributed by atoms with Crippen LogP contribution < -0.4 is 4.74 Å². The Morgan fingerprint density at radius 3 is 2.56 bits per heavy atom. The first-order valence-corrected chi connectivity index (χ1v) is 8.89. The van der Waals surface area contributed by atoms with Gasteiger partial charge in [-0.05, 0) is 42.5 Å². The van der Waals surface area contributed by atoms with Gasteiger partial charge in [-0.25, -0.2) is 9.78 Å². The lowest BCUT2D eigenvalue weighted by Gasteiger charge is -2.06. The first-order valence-electron chi connectivity index (χ1n) is 8.09. The minimum Gasteiger partial charge on any atom is -0.497 e. The number of fused-ring (bicyclic) bond motifs is 1. The third kappa shape index (κ3) is 3.17. The van der Waals surface area contributed by atoms with Gasteiger partial charge >= 0.3 is 5.97 Å². The highest BCUT2D eigenvalue weighted by atomic mass is 79.9. The molecular formula is C20H14BrN3O3. The third-order valence-electron chi connectivity index (χ3n) is 4.25. The molecular weight excluding hydrogens is 410 g/mol. The summed E-state index contributed by atoms with van der Waals surface area (Å²) in [5.74, 6) is -0.314. The van der Waals surface area contributed by atoms with Gasteiger partial charge < -0.3 is 9.84 Å². The molecule has 7 heteroatoms. The quantitative estimate of drug-likeness (QED) is 0.493. The molecule has 2 aromatic heterocycles. The molecule has 4 rings (SSSR count). The van der Waals surface area contributed by atoms with Crippen molar-refractivity contribution < 1.29 is 14.6 Å². The molecule has 0 amide bonds. The number of carboxylic acid groups (broad SMARTS) is 1. The highest BCUT2D eigenvalue weighted by molar-refractivity contribution is 9.10. The van der Waals surface area contributed by atoms with E-state index in [0.717, 1.165) is 21.3 Å². The summed E-state index contributed by atoms with van der Waals surface area (Å²) in [5.41, 5.74) is 3.28. The molecule has 0 fully saturated rings. The van der Waals surface area contributed by atoms with E-state index in [-0.39, 0.29) is 5.56 Å². The Kier molecular flexibility index (Phi) is 4.37. The molecule has 4 aromatic rings. The number of nitrogens with zero attached hydrogens (tertiary/aromatic N) is 2. The van der Waals surface area contributed by atoms with E-state index in [1.165, 1.54) is 0 Å². The number of ether oxygens (including phenoxy) is 1. The molecule has 6 nitrogen and oxygen atoms in total. The van der Waals surface area contributed by atoms with E-state index in [1.54, 1.807) is 13.2 Å². The SMILES string of the molecule is COc1ccc(-c2[nH]nc3nc(-c4cccc(Br)c4)cc(C(=O)O)c23)cc1.